The molecule has 0 heterocycles. The smallest absolute Gasteiger partial charge is 0.0392 e. The minimum Gasteiger partial charge on any atom is -0.0776 e. The molecule has 0 aromatic heterocycles. The van der Waals surface area contributed by atoms with Gasteiger partial charge in [-0.2, -0.15) is 0 Å². The molecule has 0 spiro atoms. The fourth-order valence-electron chi connectivity index (χ4n) is 1.56. The van der Waals surface area contributed by atoms with Gasteiger partial charge in [-0.3, -0.25) is 0 Å². The molecule has 0 radical (unpaired) electrons. The minimum atomic E-state index is 0. The zero-order valence-electron chi connectivity index (χ0n) is 11.5. The van der Waals surface area contributed by atoms with Crippen LogP contribution in [0.4, 0.5) is 0 Å². The number of aryl methyl sites for hydroxylation is 4. The van der Waals surface area contributed by atoms with E-state index in [4.69, 9.17) is 0 Å². The second-order valence-electron chi connectivity index (χ2n) is 4.60. The van der Waals surface area contributed by atoms with E-state index in [1.165, 1.54) is 27.8 Å². The lowest BCUT2D eigenvalue weighted by atomic mass is 10.1. The van der Waals surface area contributed by atoms with Crippen LogP contribution < -0.4 is 0 Å². The van der Waals surface area contributed by atoms with Crippen LogP contribution in [0.3, 0.4) is 0 Å². The largest absolute Gasteiger partial charge is 0.0776 e. The van der Waals surface area contributed by atoms with Crippen molar-refractivity contribution in [2.75, 3.05) is 0 Å². The van der Waals surface area contributed by atoms with E-state index in [-0.39, 0.29) is 7.43 Å². The molecule has 0 aliphatic carbocycles. The quantitative estimate of drug-likeness (QED) is 0.568. The molecule has 0 aliphatic rings. The summed E-state index contributed by atoms with van der Waals surface area (Å²) in [7, 11) is 0. The lowest BCUT2D eigenvalue weighted by Crippen LogP contribution is -1.82. The Labute approximate surface area is 113 Å². The molecular weight excluding hydrogens is 216 g/mol. The van der Waals surface area contributed by atoms with Crippen molar-refractivity contribution in [1.82, 2.24) is 0 Å². The maximum Gasteiger partial charge on any atom is -0.0392 e. The first-order valence-corrected chi connectivity index (χ1v) is 6.07. The van der Waals surface area contributed by atoms with E-state index in [0.29, 0.717) is 0 Å². The Kier molecular flexibility index (Phi) is 7.04. The molecule has 0 bridgehead atoms. The van der Waals surface area contributed by atoms with E-state index in [1.807, 2.05) is 0 Å². The summed E-state index contributed by atoms with van der Waals surface area (Å²) >= 11 is 0. The number of benzene rings is 2. The Balaban J connectivity index is 0.000000306. The second kappa shape index (κ2) is 7.71. The topological polar surface area (TPSA) is 0 Å². The van der Waals surface area contributed by atoms with Crippen molar-refractivity contribution < 1.29 is 0 Å². The summed E-state index contributed by atoms with van der Waals surface area (Å²) in [4.78, 5) is 0. The maximum absolute atomic E-state index is 2.16. The van der Waals surface area contributed by atoms with E-state index < -0.39 is 0 Å². The second-order valence-corrected chi connectivity index (χ2v) is 4.60. The molecule has 0 atom stereocenters. The van der Waals surface area contributed by atoms with Gasteiger partial charge in [0.25, 0.3) is 0 Å². The summed E-state index contributed by atoms with van der Waals surface area (Å²) in [6.45, 7) is 10.7. The van der Waals surface area contributed by atoms with Gasteiger partial charge in [0, 0.05) is 0 Å². The molecule has 0 N–H and O–H groups in total. The molecule has 18 heavy (non-hydrogen) atoms. The molecular formula is C18H26. The Hall–Kier alpha value is -1.56. The van der Waals surface area contributed by atoms with Gasteiger partial charge < -0.3 is 0 Å². The van der Waals surface area contributed by atoms with Gasteiger partial charge in [0.2, 0.25) is 0 Å². The van der Waals surface area contributed by atoms with E-state index in [0.717, 1.165) is 0 Å². The van der Waals surface area contributed by atoms with Gasteiger partial charge in [0.05, 0.1) is 0 Å². The molecule has 98 valence electrons. The highest BCUT2D eigenvalue weighted by Crippen LogP contribution is 2.09. The van der Waals surface area contributed by atoms with Crippen LogP contribution in [0.1, 0.15) is 35.2 Å². The molecule has 0 saturated heterocycles. The van der Waals surface area contributed by atoms with Gasteiger partial charge in [0.1, 0.15) is 0 Å². The van der Waals surface area contributed by atoms with Gasteiger partial charge in [-0.15, -0.1) is 0 Å². The molecule has 0 aliphatic heterocycles. The van der Waals surface area contributed by atoms with Crippen molar-refractivity contribution in [2.24, 2.45) is 0 Å². The monoisotopic (exact) mass is 242 g/mol. The molecule has 0 nitrogen and oxygen atoms in total. The summed E-state index contributed by atoms with van der Waals surface area (Å²) in [5.74, 6) is 0. The van der Waals surface area contributed by atoms with Crippen LogP contribution in [-0.2, 0) is 0 Å². The van der Waals surface area contributed by atoms with Crippen molar-refractivity contribution in [3.8, 4) is 0 Å². The predicted molar refractivity (Wildman–Crippen MR) is 83.3 cm³/mol. The van der Waals surface area contributed by atoms with E-state index in [9.17, 15) is 0 Å². The average Bonchev–Trinajstić information content (AvgIpc) is 2.31. The third-order valence-corrected chi connectivity index (χ3v) is 3.30. The number of rotatable bonds is 0. The summed E-state index contributed by atoms with van der Waals surface area (Å²) < 4.78 is 0. The Morgan fingerprint density at radius 1 is 0.500 bits per heavy atom. The Morgan fingerprint density at radius 2 is 0.833 bits per heavy atom. The number of hydrogen-bond acceptors (Lipinski definition) is 0. The normalized spacial score (nSPS) is 8.94. The van der Waals surface area contributed by atoms with Crippen molar-refractivity contribution in [2.45, 2.75) is 42.0 Å². The summed E-state index contributed by atoms with van der Waals surface area (Å²) in [5, 5.41) is 0. The molecule has 0 amide bonds. The first-order chi connectivity index (χ1) is 8.02. The third kappa shape index (κ3) is 4.75. The van der Waals surface area contributed by atoms with Crippen molar-refractivity contribution in [3.05, 3.63) is 70.3 Å². The highest BCUT2D eigenvalue weighted by atomic mass is 14.0. The lowest BCUT2D eigenvalue weighted by Gasteiger charge is -2.00. The Morgan fingerprint density at radius 3 is 1.11 bits per heavy atom. The molecule has 0 saturated carbocycles. The highest BCUT2D eigenvalue weighted by Gasteiger charge is 1.91. The van der Waals surface area contributed by atoms with Crippen molar-refractivity contribution in [3.63, 3.8) is 0 Å². The summed E-state index contributed by atoms with van der Waals surface area (Å²) in [5.41, 5.74) is 6.92. The zero-order chi connectivity index (χ0) is 12.8. The van der Waals surface area contributed by atoms with E-state index in [2.05, 4.69) is 77.1 Å². The maximum atomic E-state index is 2.16. The summed E-state index contributed by atoms with van der Waals surface area (Å²) in [6, 6.07) is 14.7. The van der Waals surface area contributed by atoms with Crippen LogP contribution >= 0.6 is 0 Å². The van der Waals surface area contributed by atoms with Gasteiger partial charge in [-0.1, -0.05) is 49.9 Å². The molecule has 2 aromatic carbocycles. The van der Waals surface area contributed by atoms with Crippen LogP contribution in [0.2, 0.25) is 0 Å². The zero-order valence-corrected chi connectivity index (χ0v) is 11.5. The minimum absolute atomic E-state index is 0. The average molecular weight is 242 g/mol. The van der Waals surface area contributed by atoms with Crippen LogP contribution in [-0.4, -0.2) is 0 Å². The van der Waals surface area contributed by atoms with Gasteiger partial charge in [-0.25, -0.2) is 0 Å². The van der Waals surface area contributed by atoms with Crippen molar-refractivity contribution in [1.29, 1.82) is 0 Å². The fourth-order valence-corrected chi connectivity index (χ4v) is 1.56. The molecule has 0 fully saturated rings. The van der Waals surface area contributed by atoms with Crippen LogP contribution in [0, 0.1) is 34.6 Å². The molecule has 0 unspecified atom stereocenters. The fraction of sp³-hybridized carbons (Fsp3) is 0.333. The van der Waals surface area contributed by atoms with Gasteiger partial charge in [-0.05, 0) is 62.4 Å². The SMILES string of the molecule is C.Cc1cccc(C)c1C.Cc1ccccc1C. The molecule has 2 aromatic rings. The van der Waals surface area contributed by atoms with Crippen LogP contribution in [0.25, 0.3) is 0 Å². The third-order valence-electron chi connectivity index (χ3n) is 3.30. The lowest BCUT2D eigenvalue weighted by molar-refractivity contribution is 1.27. The van der Waals surface area contributed by atoms with E-state index in [1.54, 1.807) is 0 Å². The first-order valence-electron chi connectivity index (χ1n) is 6.07. The van der Waals surface area contributed by atoms with Crippen molar-refractivity contribution >= 4 is 0 Å². The molecule has 2 rings (SSSR count). The first kappa shape index (κ1) is 16.4. The van der Waals surface area contributed by atoms with Crippen LogP contribution in [0.5, 0.6) is 0 Å². The highest BCUT2D eigenvalue weighted by molar-refractivity contribution is 5.31. The summed E-state index contributed by atoms with van der Waals surface area (Å²) in [6.07, 6.45) is 0. The van der Waals surface area contributed by atoms with Gasteiger partial charge >= 0.3 is 0 Å². The van der Waals surface area contributed by atoms with Gasteiger partial charge in [0.15, 0.2) is 0 Å². The van der Waals surface area contributed by atoms with Crippen LogP contribution in [0.15, 0.2) is 42.5 Å². The molecule has 0 heteroatoms. The Bertz CT molecular complexity index is 440. The van der Waals surface area contributed by atoms with E-state index >= 15 is 0 Å². The predicted octanol–water partition coefficient (Wildman–Crippen LogP) is 5.55. The standard InChI is InChI=1S/C9H12.C8H10.CH4/c1-7-5-4-6-8(2)9(7)3;1-7-5-3-4-6-8(7)2;/h4-6H,1-3H3;3-6H,1-2H3;1H4. The number of hydrogen-bond donors (Lipinski definition) is 0.